The van der Waals surface area contributed by atoms with Crippen LogP contribution in [0.3, 0.4) is 0 Å². The minimum absolute atomic E-state index is 0.0111. The van der Waals surface area contributed by atoms with Crippen molar-refractivity contribution in [1.82, 2.24) is 5.32 Å². The number of carbonyl (C=O) groups is 1. The van der Waals surface area contributed by atoms with E-state index in [4.69, 9.17) is 4.42 Å². The Bertz CT molecular complexity index is 644. The monoisotopic (exact) mass is 301 g/mol. The molecular weight excluding hydrogens is 278 g/mol. The lowest BCUT2D eigenvalue weighted by Gasteiger charge is -2.24. The Labute approximate surface area is 131 Å². The number of furan rings is 1. The number of nitrogens with one attached hydrogen (secondary N) is 1. The fourth-order valence-corrected chi connectivity index (χ4v) is 2.66. The maximum atomic E-state index is 12.2. The van der Waals surface area contributed by atoms with E-state index in [9.17, 15) is 9.90 Å². The molecule has 2 N–H and O–H groups in total. The summed E-state index contributed by atoms with van der Waals surface area (Å²) in [6, 6.07) is 11.0. The molecule has 0 spiro atoms. The Morgan fingerprint density at radius 2 is 1.95 bits per heavy atom. The summed E-state index contributed by atoms with van der Waals surface area (Å²) in [6.07, 6.45) is 0.0111. The third-order valence-corrected chi connectivity index (χ3v) is 3.82. The summed E-state index contributed by atoms with van der Waals surface area (Å²) in [6.45, 7) is 7.32. The predicted molar refractivity (Wildman–Crippen MR) is 85.4 cm³/mol. The molecule has 0 aliphatic heterocycles. The van der Waals surface area contributed by atoms with E-state index in [1.54, 1.807) is 6.92 Å². The summed E-state index contributed by atoms with van der Waals surface area (Å²) in [7, 11) is 0. The van der Waals surface area contributed by atoms with Crippen molar-refractivity contribution in [3.05, 3.63) is 59.0 Å². The van der Waals surface area contributed by atoms with Crippen molar-refractivity contribution < 1.29 is 14.3 Å². The average Bonchev–Trinajstić information content (AvgIpc) is 2.78. The fraction of sp³-hybridized carbons (Fsp3) is 0.389. The highest BCUT2D eigenvalue weighted by Crippen LogP contribution is 2.25. The van der Waals surface area contributed by atoms with E-state index in [0.717, 1.165) is 22.6 Å². The zero-order valence-corrected chi connectivity index (χ0v) is 13.5. The van der Waals surface area contributed by atoms with Gasteiger partial charge in [-0.05, 0) is 39.3 Å². The predicted octanol–water partition coefficient (Wildman–Crippen LogP) is 3.37. The van der Waals surface area contributed by atoms with Gasteiger partial charge < -0.3 is 14.8 Å². The highest BCUT2D eigenvalue weighted by Gasteiger charge is 2.27. The van der Waals surface area contributed by atoms with Gasteiger partial charge in [0.05, 0.1) is 18.1 Å². The lowest BCUT2D eigenvalue weighted by atomic mass is 9.92. The van der Waals surface area contributed by atoms with Crippen LogP contribution in [0, 0.1) is 13.8 Å². The van der Waals surface area contributed by atoms with Crippen LogP contribution in [-0.2, 0) is 10.4 Å². The van der Waals surface area contributed by atoms with Gasteiger partial charge in [0.2, 0.25) is 5.91 Å². The lowest BCUT2D eigenvalue weighted by Crippen LogP contribution is -2.34. The van der Waals surface area contributed by atoms with Crippen molar-refractivity contribution >= 4 is 5.91 Å². The van der Waals surface area contributed by atoms with Gasteiger partial charge in [-0.1, -0.05) is 30.3 Å². The quantitative estimate of drug-likeness (QED) is 0.890. The highest BCUT2D eigenvalue weighted by molar-refractivity contribution is 5.77. The van der Waals surface area contributed by atoms with Gasteiger partial charge in [-0.15, -0.1) is 0 Å². The number of benzene rings is 1. The molecule has 0 aliphatic carbocycles. The van der Waals surface area contributed by atoms with Crippen molar-refractivity contribution in [3.8, 4) is 0 Å². The van der Waals surface area contributed by atoms with Gasteiger partial charge in [0.15, 0.2) is 0 Å². The second kappa shape index (κ2) is 6.36. The number of hydrogen-bond donors (Lipinski definition) is 2. The van der Waals surface area contributed by atoms with Gasteiger partial charge in [0, 0.05) is 5.56 Å². The Balaban J connectivity index is 2.02. The number of rotatable bonds is 5. The van der Waals surface area contributed by atoms with Gasteiger partial charge >= 0.3 is 0 Å². The Hall–Kier alpha value is -2.07. The summed E-state index contributed by atoms with van der Waals surface area (Å²) in [5.74, 6) is 1.43. The fourth-order valence-electron chi connectivity index (χ4n) is 2.66. The van der Waals surface area contributed by atoms with Crippen LogP contribution in [0.15, 0.2) is 40.8 Å². The molecule has 2 aromatic rings. The molecule has 0 radical (unpaired) electrons. The second-order valence-corrected chi connectivity index (χ2v) is 5.97. The summed E-state index contributed by atoms with van der Waals surface area (Å²) in [5, 5.41) is 13.4. The first kappa shape index (κ1) is 16.3. The molecule has 2 rings (SSSR count). The van der Waals surface area contributed by atoms with Gasteiger partial charge in [0.1, 0.15) is 11.5 Å². The second-order valence-electron chi connectivity index (χ2n) is 5.97. The largest absolute Gasteiger partial charge is 0.466 e. The Morgan fingerprint density at radius 1 is 1.32 bits per heavy atom. The van der Waals surface area contributed by atoms with Gasteiger partial charge in [-0.3, -0.25) is 4.79 Å². The SMILES string of the molecule is Cc1cc(C(C)NC(=O)CC(C)(O)c2ccccc2)c(C)o1. The van der Waals surface area contributed by atoms with Crippen LogP contribution in [0.1, 0.15) is 49.0 Å². The van der Waals surface area contributed by atoms with Crippen molar-refractivity contribution in [2.24, 2.45) is 0 Å². The number of aryl methyl sites for hydroxylation is 2. The van der Waals surface area contributed by atoms with Crippen LogP contribution >= 0.6 is 0 Å². The lowest BCUT2D eigenvalue weighted by molar-refractivity contribution is -0.126. The molecule has 2 unspecified atom stereocenters. The van der Waals surface area contributed by atoms with E-state index in [1.807, 2.05) is 57.2 Å². The molecule has 118 valence electrons. The van der Waals surface area contributed by atoms with Crippen LogP contribution in [-0.4, -0.2) is 11.0 Å². The molecule has 1 aromatic heterocycles. The first-order valence-electron chi connectivity index (χ1n) is 7.44. The molecule has 2 atom stereocenters. The molecule has 0 saturated heterocycles. The molecule has 1 aromatic carbocycles. The van der Waals surface area contributed by atoms with Crippen LogP contribution < -0.4 is 5.32 Å². The highest BCUT2D eigenvalue weighted by atomic mass is 16.3. The van der Waals surface area contributed by atoms with Crippen LogP contribution in [0.2, 0.25) is 0 Å². The summed E-state index contributed by atoms with van der Waals surface area (Å²) >= 11 is 0. The summed E-state index contributed by atoms with van der Waals surface area (Å²) in [4.78, 5) is 12.2. The van der Waals surface area contributed by atoms with Gasteiger partial charge in [-0.25, -0.2) is 0 Å². The molecule has 0 fully saturated rings. The Morgan fingerprint density at radius 3 is 2.50 bits per heavy atom. The van der Waals surface area contributed by atoms with E-state index in [-0.39, 0.29) is 18.4 Å². The molecule has 1 amide bonds. The Kier molecular flexibility index (Phi) is 4.71. The van der Waals surface area contributed by atoms with E-state index < -0.39 is 5.60 Å². The van der Waals surface area contributed by atoms with E-state index in [0.29, 0.717) is 0 Å². The molecule has 4 nitrogen and oxygen atoms in total. The molecular formula is C18H23NO3. The van der Waals surface area contributed by atoms with Crippen molar-refractivity contribution in [3.63, 3.8) is 0 Å². The number of aliphatic hydroxyl groups is 1. The third-order valence-electron chi connectivity index (χ3n) is 3.82. The minimum Gasteiger partial charge on any atom is -0.466 e. The van der Waals surface area contributed by atoms with E-state index in [2.05, 4.69) is 5.32 Å². The standard InChI is InChI=1S/C18H23NO3/c1-12-10-16(14(3)22-12)13(2)19-17(20)11-18(4,21)15-8-6-5-7-9-15/h5-10,13,21H,11H2,1-4H3,(H,19,20). The number of carbonyl (C=O) groups excluding carboxylic acids is 1. The summed E-state index contributed by atoms with van der Waals surface area (Å²) < 4.78 is 5.49. The van der Waals surface area contributed by atoms with Crippen LogP contribution in [0.5, 0.6) is 0 Å². The topological polar surface area (TPSA) is 62.5 Å². The maximum absolute atomic E-state index is 12.2. The van der Waals surface area contributed by atoms with E-state index in [1.165, 1.54) is 0 Å². The number of amides is 1. The normalized spacial score (nSPS) is 15.1. The number of hydrogen-bond acceptors (Lipinski definition) is 3. The smallest absolute Gasteiger partial charge is 0.223 e. The molecule has 22 heavy (non-hydrogen) atoms. The third kappa shape index (κ3) is 3.77. The molecule has 0 aliphatic rings. The first-order chi connectivity index (χ1) is 10.3. The first-order valence-corrected chi connectivity index (χ1v) is 7.44. The van der Waals surface area contributed by atoms with Crippen molar-refractivity contribution in [2.75, 3.05) is 0 Å². The molecule has 1 heterocycles. The zero-order valence-electron chi connectivity index (χ0n) is 13.5. The van der Waals surface area contributed by atoms with Gasteiger partial charge in [-0.2, -0.15) is 0 Å². The molecule has 0 saturated carbocycles. The maximum Gasteiger partial charge on any atom is 0.223 e. The van der Waals surface area contributed by atoms with Crippen molar-refractivity contribution in [1.29, 1.82) is 0 Å². The minimum atomic E-state index is -1.19. The van der Waals surface area contributed by atoms with Crippen molar-refractivity contribution in [2.45, 2.75) is 45.8 Å². The van der Waals surface area contributed by atoms with Crippen LogP contribution in [0.4, 0.5) is 0 Å². The van der Waals surface area contributed by atoms with E-state index >= 15 is 0 Å². The zero-order chi connectivity index (χ0) is 16.3. The average molecular weight is 301 g/mol. The van der Waals surface area contributed by atoms with Crippen LogP contribution in [0.25, 0.3) is 0 Å². The molecule has 4 heteroatoms. The summed E-state index contributed by atoms with van der Waals surface area (Å²) in [5.41, 5.74) is 0.505. The van der Waals surface area contributed by atoms with Gasteiger partial charge in [0.25, 0.3) is 0 Å². The molecule has 0 bridgehead atoms.